The normalized spacial score (nSPS) is 17.9. The Bertz CT molecular complexity index is 1030. The third-order valence-electron chi connectivity index (χ3n) is 6.11. The number of anilines is 2. The average Bonchev–Trinajstić information content (AvgIpc) is 2.84. The van der Waals surface area contributed by atoms with Crippen LogP contribution in [0.3, 0.4) is 0 Å². The Morgan fingerprint density at radius 1 is 0.969 bits per heavy atom. The summed E-state index contributed by atoms with van der Waals surface area (Å²) in [7, 11) is -3.78. The monoisotopic (exact) mass is 457 g/mol. The van der Waals surface area contributed by atoms with Gasteiger partial charge in [0, 0.05) is 57.9 Å². The molecule has 2 aromatic carbocycles. The van der Waals surface area contributed by atoms with Gasteiger partial charge in [0.25, 0.3) is 15.9 Å². The van der Waals surface area contributed by atoms with Crippen LogP contribution in [0.1, 0.15) is 17.3 Å². The Morgan fingerprint density at radius 2 is 1.66 bits per heavy atom. The van der Waals surface area contributed by atoms with Crippen LogP contribution in [0.4, 0.5) is 11.4 Å². The number of hydrogen-bond acceptors (Lipinski definition) is 6. The Kier molecular flexibility index (Phi) is 6.98. The predicted molar refractivity (Wildman–Crippen MR) is 127 cm³/mol. The molecule has 0 aromatic heterocycles. The molecule has 2 aliphatic heterocycles. The Hall–Kier alpha value is -2.62. The minimum absolute atomic E-state index is 0.0622. The Morgan fingerprint density at radius 3 is 2.31 bits per heavy atom. The topological polar surface area (TPSA) is 85.0 Å². The minimum Gasteiger partial charge on any atom is -0.367 e. The molecule has 2 saturated heterocycles. The molecule has 0 unspecified atom stereocenters. The van der Waals surface area contributed by atoms with E-state index >= 15 is 0 Å². The zero-order chi connectivity index (χ0) is 22.6. The van der Waals surface area contributed by atoms with E-state index < -0.39 is 10.0 Å². The van der Waals surface area contributed by atoms with Crippen molar-refractivity contribution in [3.8, 4) is 0 Å². The van der Waals surface area contributed by atoms with E-state index in [4.69, 9.17) is 0 Å². The molecule has 2 aliphatic rings. The minimum atomic E-state index is -3.78. The van der Waals surface area contributed by atoms with E-state index in [2.05, 4.69) is 26.8 Å². The summed E-state index contributed by atoms with van der Waals surface area (Å²) in [5.74, 6) is -0.0622. The van der Waals surface area contributed by atoms with Gasteiger partial charge in [0.2, 0.25) is 0 Å². The molecule has 0 saturated carbocycles. The summed E-state index contributed by atoms with van der Waals surface area (Å²) in [6.07, 6.45) is 0. The molecule has 8 nitrogen and oxygen atoms in total. The highest BCUT2D eigenvalue weighted by molar-refractivity contribution is 7.92. The molecule has 9 heteroatoms. The van der Waals surface area contributed by atoms with Crippen LogP contribution in [0.15, 0.2) is 53.4 Å². The highest BCUT2D eigenvalue weighted by Crippen LogP contribution is 2.30. The first kappa shape index (κ1) is 22.6. The number of rotatable bonds is 6. The first-order chi connectivity index (χ1) is 15.5. The molecule has 0 spiro atoms. The fraction of sp³-hybridized carbons (Fsp3) is 0.435. The second-order valence-corrected chi connectivity index (χ2v) is 9.80. The molecule has 0 radical (unpaired) electrons. The summed E-state index contributed by atoms with van der Waals surface area (Å²) < 4.78 is 28.8. The number of nitrogens with one attached hydrogen (secondary N) is 2. The lowest BCUT2D eigenvalue weighted by Gasteiger charge is -2.34. The molecular formula is C23H31N5O3S. The van der Waals surface area contributed by atoms with Crippen LogP contribution in [-0.4, -0.2) is 83.0 Å². The third-order valence-corrected chi connectivity index (χ3v) is 7.49. The molecule has 172 valence electrons. The number of carbonyl (C=O) groups is 1. The van der Waals surface area contributed by atoms with Gasteiger partial charge in [-0.05, 0) is 36.9 Å². The molecule has 0 aliphatic carbocycles. The molecule has 32 heavy (non-hydrogen) atoms. The van der Waals surface area contributed by atoms with Crippen molar-refractivity contribution in [2.75, 3.05) is 68.5 Å². The van der Waals surface area contributed by atoms with Crippen LogP contribution in [0, 0.1) is 0 Å². The maximum atomic E-state index is 13.2. The lowest BCUT2D eigenvalue weighted by Crippen LogP contribution is -2.48. The largest absolute Gasteiger partial charge is 0.367 e. The van der Waals surface area contributed by atoms with Gasteiger partial charge in [-0.1, -0.05) is 25.1 Å². The lowest BCUT2D eigenvalue weighted by atomic mass is 10.1. The Balaban J connectivity index is 1.63. The summed E-state index contributed by atoms with van der Waals surface area (Å²) in [4.78, 5) is 19.7. The lowest BCUT2D eigenvalue weighted by molar-refractivity contribution is 0.0643. The number of nitrogens with zero attached hydrogens (tertiary/aromatic N) is 3. The van der Waals surface area contributed by atoms with Crippen molar-refractivity contribution < 1.29 is 13.2 Å². The van der Waals surface area contributed by atoms with E-state index in [1.807, 2.05) is 17.0 Å². The van der Waals surface area contributed by atoms with E-state index in [1.165, 1.54) is 0 Å². The fourth-order valence-corrected chi connectivity index (χ4v) is 5.27. The van der Waals surface area contributed by atoms with Gasteiger partial charge in [-0.15, -0.1) is 0 Å². The van der Waals surface area contributed by atoms with Gasteiger partial charge >= 0.3 is 0 Å². The van der Waals surface area contributed by atoms with Gasteiger partial charge < -0.3 is 20.0 Å². The van der Waals surface area contributed by atoms with E-state index in [1.54, 1.807) is 36.4 Å². The molecule has 1 amide bonds. The molecule has 2 aromatic rings. The van der Waals surface area contributed by atoms with Crippen molar-refractivity contribution in [3.05, 3.63) is 54.1 Å². The zero-order valence-electron chi connectivity index (χ0n) is 18.5. The van der Waals surface area contributed by atoms with Crippen molar-refractivity contribution in [2.45, 2.75) is 11.8 Å². The second-order valence-electron chi connectivity index (χ2n) is 8.11. The van der Waals surface area contributed by atoms with Crippen LogP contribution in [0.2, 0.25) is 0 Å². The fourth-order valence-electron chi connectivity index (χ4n) is 4.19. The van der Waals surface area contributed by atoms with Crippen LogP contribution < -0.4 is 14.9 Å². The van der Waals surface area contributed by atoms with Crippen molar-refractivity contribution in [2.24, 2.45) is 0 Å². The van der Waals surface area contributed by atoms with E-state index in [9.17, 15) is 13.2 Å². The highest BCUT2D eigenvalue weighted by atomic mass is 32.2. The Labute approximate surface area is 190 Å². The van der Waals surface area contributed by atoms with Crippen LogP contribution in [0.25, 0.3) is 0 Å². The predicted octanol–water partition coefficient (Wildman–Crippen LogP) is 1.67. The quantitative estimate of drug-likeness (QED) is 0.687. The van der Waals surface area contributed by atoms with Gasteiger partial charge in [0.1, 0.15) is 0 Å². The summed E-state index contributed by atoms with van der Waals surface area (Å²) in [5, 5.41) is 3.31. The SMILES string of the molecule is CCN1CCN(C(=O)c2ccc(N3CCNCC3)c(NS(=O)(=O)c3ccccc3)c2)CC1. The van der Waals surface area contributed by atoms with Crippen LogP contribution in [-0.2, 0) is 10.0 Å². The van der Waals surface area contributed by atoms with E-state index in [0.717, 1.165) is 51.5 Å². The number of likely N-dealkylation sites (N-methyl/N-ethyl adjacent to an activating group) is 1. The number of hydrogen-bond donors (Lipinski definition) is 2. The molecule has 2 fully saturated rings. The zero-order valence-corrected chi connectivity index (χ0v) is 19.3. The molecule has 0 atom stereocenters. The average molecular weight is 458 g/mol. The van der Waals surface area contributed by atoms with Gasteiger partial charge in [-0.3, -0.25) is 9.52 Å². The van der Waals surface area contributed by atoms with Crippen molar-refractivity contribution in [3.63, 3.8) is 0 Å². The van der Waals surface area contributed by atoms with Crippen LogP contribution in [0.5, 0.6) is 0 Å². The highest BCUT2D eigenvalue weighted by Gasteiger charge is 2.25. The number of amides is 1. The third kappa shape index (κ3) is 5.06. The van der Waals surface area contributed by atoms with Gasteiger partial charge in [0.15, 0.2) is 0 Å². The summed E-state index contributed by atoms with van der Waals surface area (Å²) >= 11 is 0. The first-order valence-electron chi connectivity index (χ1n) is 11.2. The number of benzene rings is 2. The summed E-state index contributed by atoms with van der Waals surface area (Å²) in [5.41, 5.74) is 1.73. The van der Waals surface area contributed by atoms with Crippen LogP contribution >= 0.6 is 0 Å². The number of sulfonamides is 1. The number of piperazine rings is 2. The molecule has 2 heterocycles. The molecule has 0 bridgehead atoms. The number of carbonyl (C=O) groups excluding carboxylic acids is 1. The van der Waals surface area contributed by atoms with E-state index in [0.29, 0.717) is 24.3 Å². The summed E-state index contributed by atoms with van der Waals surface area (Å²) in [6, 6.07) is 13.7. The molecular weight excluding hydrogens is 426 g/mol. The maximum absolute atomic E-state index is 13.2. The van der Waals surface area contributed by atoms with E-state index in [-0.39, 0.29) is 10.8 Å². The maximum Gasteiger partial charge on any atom is 0.261 e. The first-order valence-corrected chi connectivity index (χ1v) is 12.7. The van der Waals surface area contributed by atoms with Crippen molar-refractivity contribution in [1.29, 1.82) is 0 Å². The van der Waals surface area contributed by atoms with Gasteiger partial charge in [0.05, 0.1) is 16.3 Å². The second kappa shape index (κ2) is 9.89. The molecule has 2 N–H and O–H groups in total. The molecule has 4 rings (SSSR count). The van der Waals surface area contributed by atoms with Gasteiger partial charge in [-0.2, -0.15) is 0 Å². The summed E-state index contributed by atoms with van der Waals surface area (Å²) in [6.45, 7) is 9.36. The van der Waals surface area contributed by atoms with Crippen molar-refractivity contribution >= 4 is 27.3 Å². The smallest absolute Gasteiger partial charge is 0.261 e. The van der Waals surface area contributed by atoms with Crippen molar-refractivity contribution in [1.82, 2.24) is 15.1 Å². The van der Waals surface area contributed by atoms with Gasteiger partial charge in [-0.25, -0.2) is 8.42 Å². The standard InChI is InChI=1S/C23H31N5O3S/c1-2-26-14-16-28(17-15-26)23(29)19-8-9-22(27-12-10-24-11-13-27)21(18-19)25-32(30,31)20-6-4-3-5-7-20/h3-9,18,24-25H,2,10-17H2,1H3.